The van der Waals surface area contributed by atoms with Crippen molar-refractivity contribution in [1.82, 2.24) is 25.1 Å². The largest absolute Gasteiger partial charge is 0.573 e. The molecule has 1 unspecified atom stereocenters. The summed E-state index contributed by atoms with van der Waals surface area (Å²) >= 11 is 1.03. The van der Waals surface area contributed by atoms with Gasteiger partial charge in [-0.3, -0.25) is 4.79 Å². The highest BCUT2D eigenvalue weighted by Gasteiger charge is 2.33. The van der Waals surface area contributed by atoms with E-state index in [2.05, 4.69) is 20.3 Å². The third-order valence-electron chi connectivity index (χ3n) is 4.23. The molecule has 1 saturated heterocycles. The molecule has 0 bridgehead atoms. The predicted octanol–water partition coefficient (Wildman–Crippen LogP) is 1.30. The first-order valence-electron chi connectivity index (χ1n) is 8.27. The van der Waals surface area contributed by atoms with Crippen LogP contribution in [0, 0.1) is 0 Å². The number of ether oxygens (including phenoxy) is 1. The molecule has 0 radical (unpaired) electrons. The molecule has 0 saturated carbocycles. The average Bonchev–Trinajstić information content (AvgIpc) is 3.24. The maximum atomic E-state index is 12.4. The van der Waals surface area contributed by atoms with E-state index in [9.17, 15) is 26.4 Å². The van der Waals surface area contributed by atoms with Gasteiger partial charge < -0.3 is 9.64 Å². The number of rotatable bonds is 6. The molecule has 1 atom stereocenters. The van der Waals surface area contributed by atoms with E-state index in [4.69, 9.17) is 0 Å². The maximum absolute atomic E-state index is 12.4. The van der Waals surface area contributed by atoms with E-state index in [0.29, 0.717) is 12.1 Å². The molecule has 2 heterocycles. The monoisotopic (exact) mass is 451 g/mol. The van der Waals surface area contributed by atoms with Gasteiger partial charge in [-0.05, 0) is 41.1 Å². The maximum Gasteiger partial charge on any atom is 0.573 e. The Labute approximate surface area is 168 Å². The molecule has 14 heteroatoms. The van der Waals surface area contributed by atoms with E-state index in [1.165, 1.54) is 21.7 Å². The van der Waals surface area contributed by atoms with Gasteiger partial charge in [0.25, 0.3) is 0 Å². The minimum atomic E-state index is -4.79. The van der Waals surface area contributed by atoms with Crippen LogP contribution < -0.4 is 4.74 Å². The molecule has 1 aliphatic rings. The van der Waals surface area contributed by atoms with Crippen LogP contribution in [-0.4, -0.2) is 76.1 Å². The second kappa shape index (κ2) is 8.18. The molecule has 0 spiro atoms. The lowest BCUT2D eigenvalue weighted by Crippen LogP contribution is -2.38. The zero-order valence-electron chi connectivity index (χ0n) is 15.0. The SMILES string of the molecule is CN(C(=O)CSc1nnnn1-c1ccc(OC(F)(F)F)cc1)C1CCS(=O)(=O)C1. The minimum Gasteiger partial charge on any atom is -0.406 e. The number of hydrogen-bond acceptors (Lipinski definition) is 8. The van der Waals surface area contributed by atoms with E-state index in [0.717, 1.165) is 23.9 Å². The highest BCUT2D eigenvalue weighted by molar-refractivity contribution is 7.99. The van der Waals surface area contributed by atoms with Crippen molar-refractivity contribution in [2.45, 2.75) is 24.0 Å². The zero-order valence-corrected chi connectivity index (χ0v) is 16.7. The van der Waals surface area contributed by atoms with E-state index < -0.39 is 16.2 Å². The Hall–Kier alpha value is -2.35. The normalized spacial score (nSPS) is 18.6. The first-order chi connectivity index (χ1) is 13.5. The number of amides is 1. The van der Waals surface area contributed by atoms with Crippen molar-refractivity contribution in [3.8, 4) is 11.4 Å². The van der Waals surface area contributed by atoms with Crippen LogP contribution in [0.25, 0.3) is 5.69 Å². The van der Waals surface area contributed by atoms with Crippen LogP contribution in [0.4, 0.5) is 13.2 Å². The number of sulfone groups is 1. The second-order valence-corrected chi connectivity index (χ2v) is 9.44. The van der Waals surface area contributed by atoms with Crippen molar-refractivity contribution < 1.29 is 31.1 Å². The Morgan fingerprint density at radius 2 is 2.03 bits per heavy atom. The van der Waals surface area contributed by atoms with Crippen LogP contribution in [0.3, 0.4) is 0 Å². The Kier molecular flexibility index (Phi) is 6.03. The molecule has 2 aromatic rings. The summed E-state index contributed by atoms with van der Waals surface area (Å²) in [5.74, 6) is -0.672. The number of halogens is 3. The predicted molar refractivity (Wildman–Crippen MR) is 96.4 cm³/mol. The molecule has 1 aromatic heterocycles. The summed E-state index contributed by atoms with van der Waals surface area (Å²) in [5.41, 5.74) is 0.384. The van der Waals surface area contributed by atoms with Gasteiger partial charge in [-0.1, -0.05) is 11.8 Å². The molecular weight excluding hydrogens is 435 g/mol. The summed E-state index contributed by atoms with van der Waals surface area (Å²) in [6.45, 7) is 0. The Bertz CT molecular complexity index is 979. The molecule has 29 heavy (non-hydrogen) atoms. The van der Waals surface area contributed by atoms with Crippen molar-refractivity contribution in [2.75, 3.05) is 24.3 Å². The van der Waals surface area contributed by atoms with E-state index in [-0.39, 0.29) is 40.1 Å². The molecule has 1 aliphatic heterocycles. The van der Waals surface area contributed by atoms with Gasteiger partial charge in [0.1, 0.15) is 5.75 Å². The first kappa shape index (κ1) is 21.4. The lowest BCUT2D eigenvalue weighted by Gasteiger charge is -2.23. The first-order valence-corrected chi connectivity index (χ1v) is 11.1. The van der Waals surface area contributed by atoms with Crippen LogP contribution >= 0.6 is 11.8 Å². The molecule has 158 valence electrons. The summed E-state index contributed by atoms with van der Waals surface area (Å²) in [6.07, 6.45) is -4.39. The number of alkyl halides is 3. The van der Waals surface area contributed by atoms with Gasteiger partial charge in [-0.25, -0.2) is 8.42 Å². The fraction of sp³-hybridized carbons (Fsp3) is 0.467. The van der Waals surface area contributed by atoms with Gasteiger partial charge >= 0.3 is 6.36 Å². The molecule has 0 aliphatic carbocycles. The minimum absolute atomic E-state index is 0.0251. The van der Waals surface area contributed by atoms with Gasteiger partial charge in [0.15, 0.2) is 9.84 Å². The summed E-state index contributed by atoms with van der Waals surface area (Å²) in [4.78, 5) is 13.8. The molecular formula is C15H16F3N5O4S2. The lowest BCUT2D eigenvalue weighted by atomic mass is 10.2. The molecule has 1 aromatic carbocycles. The van der Waals surface area contributed by atoms with Gasteiger partial charge in [0.05, 0.1) is 22.9 Å². The van der Waals surface area contributed by atoms with Gasteiger partial charge in [-0.15, -0.1) is 18.3 Å². The van der Waals surface area contributed by atoms with Crippen molar-refractivity contribution in [3.63, 3.8) is 0 Å². The van der Waals surface area contributed by atoms with Crippen molar-refractivity contribution >= 4 is 27.5 Å². The number of carbonyl (C=O) groups excluding carboxylic acids is 1. The topological polar surface area (TPSA) is 107 Å². The fourth-order valence-electron chi connectivity index (χ4n) is 2.73. The van der Waals surface area contributed by atoms with Crippen LogP contribution in [-0.2, 0) is 14.6 Å². The summed E-state index contributed by atoms with van der Waals surface area (Å²) in [6, 6.07) is 4.58. The summed E-state index contributed by atoms with van der Waals surface area (Å²) in [5, 5.41) is 11.4. The highest BCUT2D eigenvalue weighted by Crippen LogP contribution is 2.25. The fourth-order valence-corrected chi connectivity index (χ4v) is 5.32. The van der Waals surface area contributed by atoms with E-state index >= 15 is 0 Å². The number of aromatic nitrogens is 4. The number of tetrazole rings is 1. The zero-order chi connectivity index (χ0) is 21.2. The van der Waals surface area contributed by atoms with Crippen LogP contribution in [0.2, 0.25) is 0 Å². The number of nitrogens with zero attached hydrogens (tertiary/aromatic N) is 5. The number of benzene rings is 1. The van der Waals surface area contributed by atoms with Gasteiger partial charge in [0.2, 0.25) is 11.1 Å². The molecule has 3 rings (SSSR count). The Balaban J connectivity index is 1.62. The number of thioether (sulfide) groups is 1. The highest BCUT2D eigenvalue weighted by atomic mass is 32.2. The van der Waals surface area contributed by atoms with Gasteiger partial charge in [-0.2, -0.15) is 4.68 Å². The van der Waals surface area contributed by atoms with E-state index in [1.54, 1.807) is 7.05 Å². The third-order valence-corrected chi connectivity index (χ3v) is 6.88. The van der Waals surface area contributed by atoms with Gasteiger partial charge in [0, 0.05) is 13.1 Å². The van der Waals surface area contributed by atoms with Crippen LogP contribution in [0.5, 0.6) is 5.75 Å². The van der Waals surface area contributed by atoms with Crippen molar-refractivity contribution in [1.29, 1.82) is 0 Å². The number of hydrogen-bond donors (Lipinski definition) is 0. The summed E-state index contributed by atoms with van der Waals surface area (Å²) < 4.78 is 65.0. The van der Waals surface area contributed by atoms with E-state index in [1.807, 2.05) is 0 Å². The molecule has 9 nitrogen and oxygen atoms in total. The van der Waals surface area contributed by atoms with Crippen molar-refractivity contribution in [2.24, 2.45) is 0 Å². The lowest BCUT2D eigenvalue weighted by molar-refractivity contribution is -0.274. The number of carbonyl (C=O) groups is 1. The molecule has 1 fully saturated rings. The van der Waals surface area contributed by atoms with Crippen molar-refractivity contribution in [3.05, 3.63) is 24.3 Å². The second-order valence-electron chi connectivity index (χ2n) is 6.27. The van der Waals surface area contributed by atoms with Crippen LogP contribution in [0.1, 0.15) is 6.42 Å². The quantitative estimate of drug-likeness (QED) is 0.605. The standard InChI is InChI=1S/C15H16F3N5O4S2/c1-22(11-6-7-29(25,26)9-11)13(24)8-28-14-19-20-21-23(14)10-2-4-12(5-3-10)27-15(16,17)18/h2-5,11H,6-9H2,1H3. The molecule has 0 N–H and O–H groups in total. The Morgan fingerprint density at radius 1 is 1.34 bits per heavy atom. The average molecular weight is 451 g/mol. The summed E-state index contributed by atoms with van der Waals surface area (Å²) in [7, 11) is -1.56. The third kappa shape index (κ3) is 5.59. The smallest absolute Gasteiger partial charge is 0.406 e. The van der Waals surface area contributed by atoms with Crippen LogP contribution in [0.15, 0.2) is 29.4 Å². The molecule has 1 amide bonds. The Morgan fingerprint density at radius 3 is 2.62 bits per heavy atom.